The van der Waals surface area contributed by atoms with Gasteiger partial charge in [0.2, 0.25) is 5.91 Å². The van der Waals surface area contributed by atoms with Crippen LogP contribution >= 0.6 is 11.6 Å². The molecule has 2 aliphatic rings. The van der Waals surface area contributed by atoms with Gasteiger partial charge in [-0.05, 0) is 23.8 Å². The number of hydroxylamine groups is 1. The van der Waals surface area contributed by atoms with Crippen molar-refractivity contribution >= 4 is 34.9 Å². The summed E-state index contributed by atoms with van der Waals surface area (Å²) in [7, 11) is 0. The SMILES string of the molecule is O=C1C2ON(c3ccccc3)C(c3ccccc3)C2C(=O)N1CCNc1ncc(C(F)(F)F)cc1Cl. The number of pyridine rings is 1. The lowest BCUT2D eigenvalue weighted by molar-refractivity contribution is -0.143. The van der Waals surface area contributed by atoms with E-state index in [-0.39, 0.29) is 29.8 Å². The number of amides is 2. The third-order valence-corrected chi connectivity index (χ3v) is 6.44. The third-order valence-electron chi connectivity index (χ3n) is 6.15. The molecule has 2 saturated heterocycles. The third kappa shape index (κ3) is 4.38. The molecule has 3 atom stereocenters. The summed E-state index contributed by atoms with van der Waals surface area (Å²) in [6.07, 6.45) is -4.89. The molecular formula is C25H20ClF3N4O3. The number of nitrogens with zero attached hydrogens (tertiary/aromatic N) is 3. The van der Waals surface area contributed by atoms with E-state index in [0.29, 0.717) is 6.20 Å². The lowest BCUT2D eigenvalue weighted by Gasteiger charge is -2.28. The molecule has 2 fully saturated rings. The Morgan fingerprint density at radius 2 is 1.67 bits per heavy atom. The minimum absolute atomic E-state index is 0.0256. The van der Waals surface area contributed by atoms with Crippen molar-refractivity contribution in [1.82, 2.24) is 9.88 Å². The number of likely N-dealkylation sites (tertiary alicyclic amines) is 1. The molecule has 3 heterocycles. The van der Waals surface area contributed by atoms with E-state index in [1.54, 1.807) is 5.06 Å². The number of alkyl halides is 3. The van der Waals surface area contributed by atoms with E-state index >= 15 is 0 Å². The highest BCUT2D eigenvalue weighted by Crippen LogP contribution is 2.46. The predicted molar refractivity (Wildman–Crippen MR) is 126 cm³/mol. The Morgan fingerprint density at radius 1 is 1.00 bits per heavy atom. The zero-order valence-electron chi connectivity index (χ0n) is 18.7. The summed E-state index contributed by atoms with van der Waals surface area (Å²) in [4.78, 5) is 37.5. The monoisotopic (exact) mass is 516 g/mol. The number of benzene rings is 2. The van der Waals surface area contributed by atoms with E-state index in [1.165, 1.54) is 0 Å². The minimum atomic E-state index is -4.57. The number of para-hydroxylation sites is 1. The molecule has 0 spiro atoms. The Bertz CT molecular complexity index is 1280. The van der Waals surface area contributed by atoms with E-state index < -0.39 is 35.7 Å². The molecule has 5 rings (SSSR count). The Balaban J connectivity index is 1.33. The molecule has 36 heavy (non-hydrogen) atoms. The summed E-state index contributed by atoms with van der Waals surface area (Å²) in [6.45, 7) is 0.0211. The Kier molecular flexibility index (Phi) is 6.31. The highest BCUT2D eigenvalue weighted by Gasteiger charge is 2.59. The number of halogens is 4. The molecule has 2 aromatic carbocycles. The van der Waals surface area contributed by atoms with Crippen LogP contribution in [0.4, 0.5) is 24.7 Å². The zero-order valence-corrected chi connectivity index (χ0v) is 19.4. The number of carbonyl (C=O) groups excluding carboxylic acids is 2. The first-order valence-corrected chi connectivity index (χ1v) is 11.5. The molecule has 0 saturated carbocycles. The van der Waals surface area contributed by atoms with Gasteiger partial charge in [-0.25, -0.2) is 10.0 Å². The lowest BCUT2D eigenvalue weighted by Crippen LogP contribution is -2.39. The number of rotatable bonds is 6. The second-order valence-corrected chi connectivity index (χ2v) is 8.78. The second-order valence-electron chi connectivity index (χ2n) is 8.38. The Hall–Kier alpha value is -3.63. The van der Waals surface area contributed by atoms with Crippen LogP contribution in [-0.2, 0) is 20.6 Å². The second kappa shape index (κ2) is 9.44. The number of hydrogen-bond donors (Lipinski definition) is 1. The van der Waals surface area contributed by atoms with Gasteiger partial charge in [0, 0.05) is 19.3 Å². The van der Waals surface area contributed by atoms with Crippen LogP contribution in [0.25, 0.3) is 0 Å². The first kappa shape index (κ1) is 24.1. The molecule has 2 aliphatic heterocycles. The number of fused-ring (bicyclic) bond motifs is 1. The van der Waals surface area contributed by atoms with Gasteiger partial charge in [-0.1, -0.05) is 60.1 Å². The number of aromatic nitrogens is 1. The summed E-state index contributed by atoms with van der Waals surface area (Å²) in [5.74, 6) is -1.59. The number of carbonyl (C=O) groups is 2. The minimum Gasteiger partial charge on any atom is -0.367 e. The summed E-state index contributed by atoms with van der Waals surface area (Å²) >= 11 is 5.93. The van der Waals surface area contributed by atoms with Gasteiger partial charge in [0.15, 0.2) is 6.10 Å². The predicted octanol–water partition coefficient (Wildman–Crippen LogP) is 4.71. The fourth-order valence-electron chi connectivity index (χ4n) is 4.49. The molecule has 3 aromatic rings. The van der Waals surface area contributed by atoms with Crippen LogP contribution in [0.5, 0.6) is 0 Å². The first-order valence-electron chi connectivity index (χ1n) is 11.1. The zero-order chi connectivity index (χ0) is 25.4. The molecule has 7 nitrogen and oxygen atoms in total. The number of nitrogens with one attached hydrogen (secondary N) is 1. The maximum absolute atomic E-state index is 13.4. The van der Waals surface area contributed by atoms with E-state index in [0.717, 1.165) is 22.2 Å². The van der Waals surface area contributed by atoms with Crippen LogP contribution < -0.4 is 10.4 Å². The maximum Gasteiger partial charge on any atom is 0.417 e. The molecule has 0 bridgehead atoms. The van der Waals surface area contributed by atoms with Gasteiger partial charge in [0.25, 0.3) is 5.91 Å². The summed E-state index contributed by atoms with van der Waals surface area (Å²) < 4.78 is 38.5. The first-order chi connectivity index (χ1) is 17.3. The fourth-order valence-corrected chi connectivity index (χ4v) is 4.72. The molecular weight excluding hydrogens is 497 g/mol. The highest BCUT2D eigenvalue weighted by atomic mass is 35.5. The van der Waals surface area contributed by atoms with Crippen molar-refractivity contribution in [2.24, 2.45) is 5.92 Å². The van der Waals surface area contributed by atoms with E-state index in [4.69, 9.17) is 16.4 Å². The van der Waals surface area contributed by atoms with Crippen molar-refractivity contribution in [3.05, 3.63) is 89.1 Å². The smallest absolute Gasteiger partial charge is 0.367 e. The molecule has 2 amide bonds. The van der Waals surface area contributed by atoms with Crippen molar-refractivity contribution in [2.45, 2.75) is 18.3 Å². The van der Waals surface area contributed by atoms with Crippen LogP contribution in [0.1, 0.15) is 17.2 Å². The van der Waals surface area contributed by atoms with Crippen LogP contribution in [0, 0.1) is 5.92 Å². The molecule has 1 aromatic heterocycles. The average Bonchev–Trinajstić information content (AvgIpc) is 3.37. The van der Waals surface area contributed by atoms with Gasteiger partial charge in [-0.2, -0.15) is 13.2 Å². The fraction of sp³-hybridized carbons (Fsp3) is 0.240. The van der Waals surface area contributed by atoms with Gasteiger partial charge >= 0.3 is 6.18 Å². The standard InChI is InChI=1S/C25H20ClF3N4O3/c26-18-13-16(25(27,28)29)14-31-22(18)30-11-12-32-23(34)19-20(15-7-3-1-4-8-15)33(36-21(19)24(32)35)17-9-5-2-6-10-17/h1-10,13-14,19-21H,11-12H2,(H,30,31). The van der Waals surface area contributed by atoms with Crippen LogP contribution in [0.2, 0.25) is 5.02 Å². The van der Waals surface area contributed by atoms with Crippen LogP contribution in [0.15, 0.2) is 72.9 Å². The van der Waals surface area contributed by atoms with Crippen molar-refractivity contribution in [3.8, 4) is 0 Å². The maximum atomic E-state index is 13.4. The summed E-state index contributed by atoms with van der Waals surface area (Å²) in [5, 5.41) is 4.19. The van der Waals surface area contributed by atoms with Crippen molar-refractivity contribution in [2.75, 3.05) is 23.5 Å². The normalized spacial score (nSPS) is 21.7. The van der Waals surface area contributed by atoms with Crippen molar-refractivity contribution in [1.29, 1.82) is 0 Å². The summed E-state index contributed by atoms with van der Waals surface area (Å²) in [5.41, 5.74) is 0.580. The van der Waals surface area contributed by atoms with Crippen molar-refractivity contribution < 1.29 is 27.6 Å². The Labute approximate surface area is 209 Å². The highest BCUT2D eigenvalue weighted by molar-refractivity contribution is 6.33. The average molecular weight is 517 g/mol. The van der Waals surface area contributed by atoms with Crippen LogP contribution in [0.3, 0.4) is 0 Å². The number of imide groups is 1. The molecule has 186 valence electrons. The van der Waals surface area contributed by atoms with Gasteiger partial charge in [0.1, 0.15) is 11.7 Å². The molecule has 3 unspecified atom stereocenters. The molecule has 1 N–H and O–H groups in total. The molecule has 0 aliphatic carbocycles. The van der Waals surface area contributed by atoms with Crippen LogP contribution in [-0.4, -0.2) is 40.9 Å². The van der Waals surface area contributed by atoms with Gasteiger partial charge in [-0.15, -0.1) is 0 Å². The van der Waals surface area contributed by atoms with Gasteiger partial charge < -0.3 is 5.32 Å². The summed E-state index contributed by atoms with van der Waals surface area (Å²) in [6, 6.07) is 18.8. The van der Waals surface area contributed by atoms with E-state index in [1.807, 2.05) is 60.7 Å². The number of hydrogen-bond acceptors (Lipinski definition) is 6. The molecule has 0 radical (unpaired) electrons. The Morgan fingerprint density at radius 3 is 2.31 bits per heavy atom. The number of anilines is 2. The van der Waals surface area contributed by atoms with Crippen molar-refractivity contribution in [3.63, 3.8) is 0 Å². The van der Waals surface area contributed by atoms with Gasteiger partial charge in [0.05, 0.1) is 22.3 Å². The molecule has 11 heteroatoms. The largest absolute Gasteiger partial charge is 0.417 e. The van der Waals surface area contributed by atoms with Gasteiger partial charge in [-0.3, -0.25) is 19.3 Å². The topological polar surface area (TPSA) is 74.8 Å². The quantitative estimate of drug-likeness (QED) is 0.478. The van der Waals surface area contributed by atoms with E-state index in [9.17, 15) is 22.8 Å². The lowest BCUT2D eigenvalue weighted by atomic mass is 9.90. The van der Waals surface area contributed by atoms with E-state index in [2.05, 4.69) is 10.3 Å².